The van der Waals surface area contributed by atoms with Crippen molar-refractivity contribution in [1.29, 1.82) is 0 Å². The molecule has 0 saturated carbocycles. The lowest BCUT2D eigenvalue weighted by atomic mass is 10.1. The highest BCUT2D eigenvalue weighted by Gasteiger charge is 2.16. The van der Waals surface area contributed by atoms with Crippen LogP contribution in [0.5, 0.6) is 5.75 Å². The van der Waals surface area contributed by atoms with Gasteiger partial charge in [0, 0.05) is 24.2 Å². The van der Waals surface area contributed by atoms with Gasteiger partial charge >= 0.3 is 5.97 Å². The van der Waals surface area contributed by atoms with Gasteiger partial charge in [-0.1, -0.05) is 32.0 Å². The summed E-state index contributed by atoms with van der Waals surface area (Å²) in [5.41, 5.74) is 2.10. The maximum absolute atomic E-state index is 12.1. The van der Waals surface area contributed by atoms with Crippen LogP contribution in [0.4, 0.5) is 0 Å². The summed E-state index contributed by atoms with van der Waals surface area (Å²) in [6.45, 7) is 9.29. The van der Waals surface area contributed by atoms with Crippen molar-refractivity contribution in [3.8, 4) is 5.75 Å². The van der Waals surface area contributed by atoms with E-state index in [9.17, 15) is 4.79 Å². The Labute approximate surface area is 145 Å². The van der Waals surface area contributed by atoms with Gasteiger partial charge in [-0.3, -0.25) is 4.79 Å². The maximum Gasteiger partial charge on any atom is 0.313 e. The standard InChI is InChI=1S/C19H31N3O2/c1-15(2)19(23)24-18-16-7-4-8-17(18)14-21-10-6-12-22(3)11-5-9-20-13-16/h4,7-8,15,20-21H,5-6,9-14H2,1-3H3. The largest absolute Gasteiger partial charge is 0.426 e. The summed E-state index contributed by atoms with van der Waals surface area (Å²) < 4.78 is 5.73. The Kier molecular flexibility index (Phi) is 7.69. The highest BCUT2D eigenvalue weighted by molar-refractivity contribution is 5.75. The molecule has 0 fully saturated rings. The second kappa shape index (κ2) is 9.77. The Hall–Kier alpha value is -1.43. The molecule has 0 aromatic heterocycles. The number of carbonyl (C=O) groups excluding carboxylic acids is 1. The zero-order valence-electron chi connectivity index (χ0n) is 15.2. The van der Waals surface area contributed by atoms with Crippen LogP contribution in [0.1, 0.15) is 37.8 Å². The van der Waals surface area contributed by atoms with E-state index in [2.05, 4.69) is 22.6 Å². The monoisotopic (exact) mass is 333 g/mol. The summed E-state index contributed by atoms with van der Waals surface area (Å²) in [6.07, 6.45) is 2.23. The van der Waals surface area contributed by atoms with Crippen LogP contribution < -0.4 is 15.4 Å². The first-order chi connectivity index (χ1) is 11.6. The minimum atomic E-state index is -0.175. The molecule has 0 unspecified atom stereocenters. The molecule has 0 saturated heterocycles. The lowest BCUT2D eigenvalue weighted by Crippen LogP contribution is -2.28. The van der Waals surface area contributed by atoms with Crippen LogP contribution in [-0.4, -0.2) is 44.1 Å². The van der Waals surface area contributed by atoms with Crippen LogP contribution in [0.3, 0.4) is 0 Å². The molecule has 5 nitrogen and oxygen atoms in total. The summed E-state index contributed by atoms with van der Waals surface area (Å²) in [5.74, 6) is 0.421. The lowest BCUT2D eigenvalue weighted by molar-refractivity contribution is -0.137. The van der Waals surface area contributed by atoms with Gasteiger partial charge < -0.3 is 20.3 Å². The summed E-state index contributed by atoms with van der Waals surface area (Å²) in [6, 6.07) is 6.12. The van der Waals surface area contributed by atoms with Crippen LogP contribution in [0.25, 0.3) is 0 Å². The van der Waals surface area contributed by atoms with E-state index in [1.165, 1.54) is 0 Å². The number of carbonyl (C=O) groups is 1. The Morgan fingerprint density at radius 1 is 1.08 bits per heavy atom. The number of esters is 1. The van der Waals surface area contributed by atoms with E-state index >= 15 is 0 Å². The third-order valence-corrected chi connectivity index (χ3v) is 4.27. The predicted octanol–water partition coefficient (Wildman–Crippen LogP) is 2.15. The Morgan fingerprint density at radius 3 is 2.12 bits per heavy atom. The van der Waals surface area contributed by atoms with E-state index in [1.807, 2.05) is 32.0 Å². The van der Waals surface area contributed by atoms with E-state index in [0.29, 0.717) is 0 Å². The second-order valence-electron chi connectivity index (χ2n) is 6.85. The first-order valence-electron chi connectivity index (χ1n) is 9.00. The van der Waals surface area contributed by atoms with Crippen LogP contribution in [0.15, 0.2) is 18.2 Å². The first kappa shape index (κ1) is 18.9. The normalized spacial score (nSPS) is 18.2. The number of hydrogen-bond acceptors (Lipinski definition) is 5. The van der Waals surface area contributed by atoms with E-state index < -0.39 is 0 Å². The predicted molar refractivity (Wildman–Crippen MR) is 97.1 cm³/mol. The average Bonchev–Trinajstić information content (AvgIpc) is 2.55. The minimum absolute atomic E-state index is 0.132. The molecule has 1 heterocycles. The highest BCUT2D eigenvalue weighted by Crippen LogP contribution is 2.25. The minimum Gasteiger partial charge on any atom is -0.426 e. The molecule has 2 bridgehead atoms. The highest BCUT2D eigenvalue weighted by atomic mass is 16.5. The first-order valence-corrected chi connectivity index (χ1v) is 9.00. The van der Waals surface area contributed by atoms with Gasteiger partial charge in [-0.15, -0.1) is 0 Å². The molecular weight excluding hydrogens is 302 g/mol. The van der Waals surface area contributed by atoms with E-state index in [1.54, 1.807) is 0 Å². The summed E-state index contributed by atoms with van der Waals surface area (Å²) in [7, 11) is 2.18. The summed E-state index contributed by atoms with van der Waals surface area (Å²) in [5, 5.41) is 6.95. The molecule has 2 rings (SSSR count). The number of fused-ring (bicyclic) bond motifs is 2. The van der Waals surface area contributed by atoms with Crippen molar-refractivity contribution < 1.29 is 9.53 Å². The molecule has 1 aromatic rings. The van der Waals surface area contributed by atoms with Gasteiger partial charge in [0.15, 0.2) is 0 Å². The number of nitrogens with one attached hydrogen (secondary N) is 2. The molecule has 1 aliphatic rings. The Bertz CT molecular complexity index is 499. The van der Waals surface area contributed by atoms with Crippen molar-refractivity contribution in [2.45, 2.75) is 39.8 Å². The third-order valence-electron chi connectivity index (χ3n) is 4.27. The van der Waals surface area contributed by atoms with Crippen molar-refractivity contribution in [1.82, 2.24) is 15.5 Å². The van der Waals surface area contributed by atoms with Crippen LogP contribution in [0.2, 0.25) is 0 Å². The number of hydrogen-bond donors (Lipinski definition) is 2. The van der Waals surface area contributed by atoms with Gasteiger partial charge in [0.2, 0.25) is 0 Å². The van der Waals surface area contributed by atoms with Gasteiger partial charge in [0.25, 0.3) is 0 Å². The van der Waals surface area contributed by atoms with Crippen LogP contribution in [0, 0.1) is 5.92 Å². The van der Waals surface area contributed by atoms with Crippen LogP contribution >= 0.6 is 0 Å². The van der Waals surface area contributed by atoms with Gasteiger partial charge in [-0.05, 0) is 46.1 Å². The topological polar surface area (TPSA) is 53.6 Å². The third kappa shape index (κ3) is 5.89. The molecule has 5 heteroatoms. The quantitative estimate of drug-likeness (QED) is 0.642. The van der Waals surface area contributed by atoms with Gasteiger partial charge in [0.1, 0.15) is 5.75 Å². The Balaban J connectivity index is 2.15. The van der Waals surface area contributed by atoms with E-state index in [-0.39, 0.29) is 11.9 Å². The van der Waals surface area contributed by atoms with E-state index in [0.717, 1.165) is 69.0 Å². The van der Waals surface area contributed by atoms with Gasteiger partial charge in [0.05, 0.1) is 5.92 Å². The molecule has 134 valence electrons. The zero-order chi connectivity index (χ0) is 17.4. The summed E-state index contributed by atoms with van der Waals surface area (Å²) >= 11 is 0. The fraction of sp³-hybridized carbons (Fsp3) is 0.632. The van der Waals surface area contributed by atoms with Crippen molar-refractivity contribution >= 4 is 5.97 Å². The average molecular weight is 333 g/mol. The van der Waals surface area contributed by atoms with Gasteiger partial charge in [-0.2, -0.15) is 0 Å². The molecule has 0 aliphatic carbocycles. The zero-order valence-corrected chi connectivity index (χ0v) is 15.2. The number of ether oxygens (including phenoxy) is 1. The number of nitrogens with zero attached hydrogens (tertiary/aromatic N) is 1. The van der Waals surface area contributed by atoms with Crippen molar-refractivity contribution in [2.75, 3.05) is 33.2 Å². The fourth-order valence-electron chi connectivity index (χ4n) is 2.77. The van der Waals surface area contributed by atoms with E-state index in [4.69, 9.17) is 4.74 Å². The molecule has 0 spiro atoms. The molecule has 2 N–H and O–H groups in total. The van der Waals surface area contributed by atoms with Crippen molar-refractivity contribution in [3.05, 3.63) is 29.3 Å². The number of benzene rings is 1. The van der Waals surface area contributed by atoms with Crippen LogP contribution in [-0.2, 0) is 17.9 Å². The number of rotatable bonds is 2. The molecule has 0 radical (unpaired) electrons. The lowest BCUT2D eigenvalue weighted by Gasteiger charge is -2.20. The molecule has 1 aliphatic heterocycles. The van der Waals surface area contributed by atoms with Gasteiger partial charge in [-0.25, -0.2) is 0 Å². The van der Waals surface area contributed by atoms with Crippen molar-refractivity contribution in [3.63, 3.8) is 0 Å². The second-order valence-corrected chi connectivity index (χ2v) is 6.85. The smallest absolute Gasteiger partial charge is 0.313 e. The van der Waals surface area contributed by atoms with Crippen molar-refractivity contribution in [2.24, 2.45) is 5.92 Å². The fourth-order valence-corrected chi connectivity index (χ4v) is 2.77. The molecule has 24 heavy (non-hydrogen) atoms. The number of para-hydroxylation sites is 1. The molecular formula is C19H31N3O2. The molecule has 0 atom stereocenters. The molecule has 0 amide bonds. The summed E-state index contributed by atoms with van der Waals surface area (Å²) in [4.78, 5) is 14.5. The molecule has 1 aromatic carbocycles. The Morgan fingerprint density at radius 2 is 1.62 bits per heavy atom. The maximum atomic E-state index is 12.1. The SMILES string of the molecule is CC(C)C(=O)Oc1c2cccc1CNCCCN(C)CCCNC2.